The third kappa shape index (κ3) is 3.62. The molecule has 1 aliphatic rings. The van der Waals surface area contributed by atoms with Crippen LogP contribution in [0.25, 0.3) is 0 Å². The Morgan fingerprint density at radius 1 is 1.65 bits per heavy atom. The summed E-state index contributed by atoms with van der Waals surface area (Å²) in [6.07, 6.45) is 5.68. The molecule has 0 saturated carbocycles. The summed E-state index contributed by atoms with van der Waals surface area (Å²) >= 11 is 5.64. The lowest BCUT2D eigenvalue weighted by Gasteiger charge is -2.28. The van der Waals surface area contributed by atoms with Gasteiger partial charge < -0.3 is 4.90 Å². The minimum Gasteiger partial charge on any atom is -0.327 e. The maximum absolute atomic E-state index is 12.0. The molecule has 6 heteroatoms. The van der Waals surface area contributed by atoms with Crippen LogP contribution in [0.4, 0.5) is 0 Å². The van der Waals surface area contributed by atoms with Crippen molar-refractivity contribution < 1.29 is 13.2 Å². The molecule has 1 aliphatic heterocycles. The van der Waals surface area contributed by atoms with Gasteiger partial charge in [-0.05, 0) is 6.42 Å². The van der Waals surface area contributed by atoms with Crippen LogP contribution in [0.3, 0.4) is 0 Å². The third-order valence-electron chi connectivity index (χ3n) is 2.85. The molecule has 1 amide bonds. The van der Waals surface area contributed by atoms with Crippen LogP contribution in [0.5, 0.6) is 0 Å². The van der Waals surface area contributed by atoms with Gasteiger partial charge in [0.25, 0.3) is 0 Å². The summed E-state index contributed by atoms with van der Waals surface area (Å²) in [6.45, 7) is 1.85. The molecule has 0 N–H and O–H groups in total. The van der Waals surface area contributed by atoms with Gasteiger partial charge in [-0.25, -0.2) is 8.42 Å². The minimum absolute atomic E-state index is 0.00935. The van der Waals surface area contributed by atoms with Gasteiger partial charge in [0.05, 0.1) is 18.1 Å². The maximum Gasteiger partial charge on any atom is 0.227 e. The molecule has 4 nitrogen and oxygen atoms in total. The van der Waals surface area contributed by atoms with E-state index in [-0.39, 0.29) is 41.8 Å². The minimum atomic E-state index is -3.02. The first-order valence-electron chi connectivity index (χ1n) is 5.41. The Morgan fingerprint density at radius 3 is 2.71 bits per heavy atom. The lowest BCUT2D eigenvalue weighted by Crippen LogP contribution is -2.44. The molecule has 0 spiro atoms. The zero-order valence-electron chi connectivity index (χ0n) is 9.73. The van der Waals surface area contributed by atoms with E-state index >= 15 is 0 Å². The normalized spacial score (nSPS) is 23.9. The molecule has 0 aromatic rings. The summed E-state index contributed by atoms with van der Waals surface area (Å²) in [5.41, 5.74) is 0. The predicted molar refractivity (Wildman–Crippen MR) is 67.5 cm³/mol. The van der Waals surface area contributed by atoms with Crippen LogP contribution >= 0.6 is 11.6 Å². The molecule has 0 aliphatic carbocycles. The number of amides is 1. The fourth-order valence-corrected chi connectivity index (χ4v) is 3.72. The highest BCUT2D eigenvalue weighted by atomic mass is 35.5. The number of sulfone groups is 1. The third-order valence-corrected chi connectivity index (χ3v) is 5.06. The van der Waals surface area contributed by atoms with Crippen molar-refractivity contribution in [3.8, 4) is 12.3 Å². The van der Waals surface area contributed by atoms with Crippen molar-refractivity contribution in [2.75, 3.05) is 23.9 Å². The van der Waals surface area contributed by atoms with Gasteiger partial charge in [0, 0.05) is 17.8 Å². The van der Waals surface area contributed by atoms with E-state index in [4.69, 9.17) is 18.0 Å². The average Bonchev–Trinajstić information content (AvgIpc) is 2.64. The van der Waals surface area contributed by atoms with Crippen molar-refractivity contribution in [3.63, 3.8) is 0 Å². The number of rotatable bonds is 4. The molecular weight excluding hydrogens is 262 g/mol. The summed E-state index contributed by atoms with van der Waals surface area (Å²) in [4.78, 5) is 13.5. The highest BCUT2D eigenvalue weighted by Crippen LogP contribution is 2.19. The van der Waals surface area contributed by atoms with E-state index in [1.807, 2.05) is 0 Å². The largest absolute Gasteiger partial charge is 0.327 e. The number of hydrogen-bond acceptors (Lipinski definition) is 3. The van der Waals surface area contributed by atoms with E-state index in [9.17, 15) is 13.2 Å². The molecule has 1 fully saturated rings. The molecule has 1 saturated heterocycles. The van der Waals surface area contributed by atoms with Gasteiger partial charge in [0.2, 0.25) is 5.91 Å². The molecule has 17 heavy (non-hydrogen) atoms. The maximum atomic E-state index is 12.0. The standard InChI is InChI=1S/C11H16ClNO3S/c1-3-5-13(11(14)9(2)7-12)10-4-6-17(15,16)8-10/h1,9-10H,4-8H2,2H3. The van der Waals surface area contributed by atoms with Gasteiger partial charge >= 0.3 is 0 Å². The predicted octanol–water partition coefficient (Wildman–Crippen LogP) is 0.510. The topological polar surface area (TPSA) is 54.5 Å². The van der Waals surface area contributed by atoms with Gasteiger partial charge in [-0.15, -0.1) is 18.0 Å². The fraction of sp³-hybridized carbons (Fsp3) is 0.727. The first-order valence-corrected chi connectivity index (χ1v) is 7.77. The molecule has 0 aromatic heterocycles. The number of halogens is 1. The van der Waals surface area contributed by atoms with Crippen LogP contribution in [-0.2, 0) is 14.6 Å². The van der Waals surface area contributed by atoms with Crippen LogP contribution in [0.2, 0.25) is 0 Å². The molecule has 1 heterocycles. The van der Waals surface area contributed by atoms with Crippen molar-refractivity contribution in [3.05, 3.63) is 0 Å². The van der Waals surface area contributed by atoms with Crippen LogP contribution in [0.1, 0.15) is 13.3 Å². The SMILES string of the molecule is C#CCN(C(=O)C(C)CCl)C1CCS(=O)(=O)C1. The summed E-state index contributed by atoms with van der Waals surface area (Å²) in [5.74, 6) is 2.24. The smallest absolute Gasteiger partial charge is 0.227 e. The Hall–Kier alpha value is -0.730. The van der Waals surface area contributed by atoms with E-state index in [1.54, 1.807) is 6.92 Å². The monoisotopic (exact) mass is 277 g/mol. The average molecular weight is 278 g/mol. The summed E-state index contributed by atoms with van der Waals surface area (Å²) in [5, 5.41) is 0. The Morgan fingerprint density at radius 2 is 2.29 bits per heavy atom. The highest BCUT2D eigenvalue weighted by molar-refractivity contribution is 7.91. The van der Waals surface area contributed by atoms with Gasteiger partial charge in [-0.1, -0.05) is 12.8 Å². The molecule has 0 radical (unpaired) electrons. The Labute approximate surface area is 107 Å². The molecule has 0 aromatic carbocycles. The summed E-state index contributed by atoms with van der Waals surface area (Å²) in [6, 6.07) is -0.297. The highest BCUT2D eigenvalue weighted by Gasteiger charge is 2.35. The molecular formula is C11H16ClNO3S. The van der Waals surface area contributed by atoms with Crippen molar-refractivity contribution in [2.45, 2.75) is 19.4 Å². The van der Waals surface area contributed by atoms with Crippen molar-refractivity contribution in [2.24, 2.45) is 5.92 Å². The van der Waals surface area contributed by atoms with Gasteiger partial charge in [0.1, 0.15) is 0 Å². The first kappa shape index (κ1) is 14.3. The van der Waals surface area contributed by atoms with Crippen LogP contribution in [0.15, 0.2) is 0 Å². The van der Waals surface area contributed by atoms with Crippen molar-refractivity contribution in [1.29, 1.82) is 0 Å². The number of carbonyl (C=O) groups is 1. The van der Waals surface area contributed by atoms with Crippen molar-refractivity contribution in [1.82, 2.24) is 4.90 Å². The number of terminal acetylenes is 1. The number of nitrogens with zero attached hydrogens (tertiary/aromatic N) is 1. The number of carbonyl (C=O) groups excluding carboxylic acids is 1. The molecule has 1 rings (SSSR count). The van der Waals surface area contributed by atoms with Crippen LogP contribution in [0, 0.1) is 18.3 Å². The second-order valence-electron chi connectivity index (χ2n) is 4.28. The van der Waals surface area contributed by atoms with Crippen LogP contribution in [-0.4, -0.2) is 49.2 Å². The zero-order valence-corrected chi connectivity index (χ0v) is 11.3. The Kier molecular flexibility index (Phi) is 4.84. The first-order chi connectivity index (χ1) is 7.91. The van der Waals surface area contributed by atoms with Crippen molar-refractivity contribution >= 4 is 27.3 Å². The molecule has 2 atom stereocenters. The number of alkyl halides is 1. The zero-order chi connectivity index (χ0) is 13.1. The van der Waals surface area contributed by atoms with Crippen LogP contribution < -0.4 is 0 Å². The molecule has 0 bridgehead atoms. The quantitative estimate of drug-likeness (QED) is 0.556. The summed E-state index contributed by atoms with van der Waals surface area (Å²) in [7, 11) is -3.02. The van der Waals surface area contributed by atoms with E-state index in [0.29, 0.717) is 6.42 Å². The fourth-order valence-electron chi connectivity index (χ4n) is 1.86. The van der Waals surface area contributed by atoms with E-state index < -0.39 is 9.84 Å². The molecule has 2 unspecified atom stereocenters. The van der Waals surface area contributed by atoms with E-state index in [2.05, 4.69) is 5.92 Å². The Bertz CT molecular complexity index is 426. The van der Waals surface area contributed by atoms with E-state index in [1.165, 1.54) is 4.90 Å². The van der Waals surface area contributed by atoms with E-state index in [0.717, 1.165) is 0 Å². The summed E-state index contributed by atoms with van der Waals surface area (Å²) < 4.78 is 22.8. The van der Waals surface area contributed by atoms with Gasteiger partial charge in [0.15, 0.2) is 9.84 Å². The van der Waals surface area contributed by atoms with Gasteiger partial charge in [-0.3, -0.25) is 4.79 Å². The lowest BCUT2D eigenvalue weighted by molar-refractivity contribution is -0.135. The second-order valence-corrected chi connectivity index (χ2v) is 6.82. The second kappa shape index (κ2) is 5.74. The Balaban J connectivity index is 2.81. The van der Waals surface area contributed by atoms with Gasteiger partial charge in [-0.2, -0.15) is 0 Å². The lowest BCUT2D eigenvalue weighted by atomic mass is 10.1. The number of hydrogen-bond donors (Lipinski definition) is 0. The molecule has 96 valence electrons.